The lowest BCUT2D eigenvalue weighted by atomic mass is 10.2. The van der Waals surface area contributed by atoms with E-state index in [1.54, 1.807) is 12.4 Å². The van der Waals surface area contributed by atoms with Gasteiger partial charge in [0.05, 0.1) is 11.6 Å². The van der Waals surface area contributed by atoms with Gasteiger partial charge < -0.3 is 4.74 Å². The van der Waals surface area contributed by atoms with E-state index in [0.717, 1.165) is 5.39 Å². The van der Waals surface area contributed by atoms with Gasteiger partial charge in [0, 0.05) is 6.20 Å². The first-order chi connectivity index (χ1) is 8.35. The summed E-state index contributed by atoms with van der Waals surface area (Å²) in [6.45, 7) is 5.43. The van der Waals surface area contributed by atoms with Crippen molar-refractivity contribution in [2.45, 2.75) is 32.9 Å². The highest BCUT2D eigenvalue weighted by atomic mass is 35.5. The van der Waals surface area contributed by atoms with Gasteiger partial charge in [0.15, 0.2) is 5.65 Å². The molecule has 0 unspecified atom stereocenters. The molecule has 0 amide bonds. The van der Waals surface area contributed by atoms with E-state index in [0.29, 0.717) is 5.65 Å². The number of carbonyl (C=O) groups is 1. The second-order valence-electron chi connectivity index (χ2n) is 4.81. The molecule has 0 saturated heterocycles. The molecule has 2 rings (SSSR count). The predicted octanol–water partition coefficient (Wildman–Crippen LogP) is 1.82. The summed E-state index contributed by atoms with van der Waals surface area (Å²) in [5, 5.41) is 4.90. The van der Waals surface area contributed by atoms with E-state index in [4.69, 9.17) is 16.3 Å². The summed E-state index contributed by atoms with van der Waals surface area (Å²) in [7, 11) is 0. The number of aromatic nitrogens is 4. The first-order valence-corrected chi connectivity index (χ1v) is 5.79. The standard InChI is InChI=1S/C11H13ClN4O2/c1-11(2,3)18-8(17)6-16-9-7(5-14-16)4-13-10(12)15-9/h4-5H,6H2,1-3H3. The van der Waals surface area contributed by atoms with Crippen LogP contribution >= 0.6 is 11.6 Å². The molecule has 18 heavy (non-hydrogen) atoms. The fraction of sp³-hybridized carbons (Fsp3) is 0.455. The van der Waals surface area contributed by atoms with Gasteiger partial charge in [0.2, 0.25) is 5.28 Å². The number of carbonyl (C=O) groups excluding carboxylic acids is 1. The van der Waals surface area contributed by atoms with Gasteiger partial charge in [0.1, 0.15) is 12.1 Å². The van der Waals surface area contributed by atoms with Crippen molar-refractivity contribution in [3.8, 4) is 0 Å². The average Bonchev–Trinajstić information content (AvgIpc) is 2.58. The van der Waals surface area contributed by atoms with Crippen molar-refractivity contribution < 1.29 is 9.53 Å². The summed E-state index contributed by atoms with van der Waals surface area (Å²) in [4.78, 5) is 19.6. The zero-order chi connectivity index (χ0) is 13.3. The molecule has 0 atom stereocenters. The van der Waals surface area contributed by atoms with Gasteiger partial charge in [-0.3, -0.25) is 4.79 Å². The third-order valence-corrected chi connectivity index (χ3v) is 2.23. The number of esters is 1. The van der Waals surface area contributed by atoms with Gasteiger partial charge in [0.25, 0.3) is 0 Å². The molecule has 0 aromatic carbocycles. The molecule has 0 saturated carbocycles. The van der Waals surface area contributed by atoms with E-state index >= 15 is 0 Å². The van der Waals surface area contributed by atoms with Gasteiger partial charge in [-0.25, -0.2) is 9.67 Å². The molecule has 0 aliphatic heterocycles. The molecule has 2 aromatic heterocycles. The minimum atomic E-state index is -0.521. The van der Waals surface area contributed by atoms with E-state index in [1.165, 1.54) is 4.68 Å². The molecule has 0 radical (unpaired) electrons. The molecular weight excluding hydrogens is 256 g/mol. The Morgan fingerprint density at radius 3 is 2.83 bits per heavy atom. The molecule has 0 aliphatic carbocycles. The van der Waals surface area contributed by atoms with Crippen LogP contribution in [-0.2, 0) is 16.1 Å². The minimum absolute atomic E-state index is 0.00584. The normalized spacial score (nSPS) is 11.8. The molecule has 0 fully saturated rings. The van der Waals surface area contributed by atoms with Crippen molar-refractivity contribution in [1.82, 2.24) is 19.7 Å². The van der Waals surface area contributed by atoms with Gasteiger partial charge in [-0.2, -0.15) is 10.1 Å². The number of hydrogen-bond donors (Lipinski definition) is 0. The lowest BCUT2D eigenvalue weighted by molar-refractivity contribution is -0.155. The van der Waals surface area contributed by atoms with Crippen LogP contribution in [0.5, 0.6) is 0 Å². The predicted molar refractivity (Wildman–Crippen MR) is 66.2 cm³/mol. The number of fused-ring (bicyclic) bond motifs is 1. The Morgan fingerprint density at radius 1 is 1.44 bits per heavy atom. The van der Waals surface area contributed by atoms with Crippen LogP contribution in [0.4, 0.5) is 0 Å². The van der Waals surface area contributed by atoms with Gasteiger partial charge in [-0.1, -0.05) is 0 Å². The Kier molecular flexibility index (Phi) is 3.21. The Balaban J connectivity index is 2.22. The number of halogens is 1. The highest BCUT2D eigenvalue weighted by Crippen LogP contribution is 2.13. The molecule has 0 spiro atoms. The van der Waals surface area contributed by atoms with Crippen molar-refractivity contribution in [1.29, 1.82) is 0 Å². The summed E-state index contributed by atoms with van der Waals surface area (Å²) in [6, 6.07) is 0. The van der Waals surface area contributed by atoms with Crippen molar-refractivity contribution in [3.05, 3.63) is 17.7 Å². The smallest absolute Gasteiger partial charge is 0.328 e. The molecule has 2 heterocycles. The lowest BCUT2D eigenvalue weighted by Gasteiger charge is -2.19. The van der Waals surface area contributed by atoms with E-state index in [2.05, 4.69) is 15.1 Å². The van der Waals surface area contributed by atoms with Crippen molar-refractivity contribution >= 4 is 28.6 Å². The highest BCUT2D eigenvalue weighted by molar-refractivity contribution is 6.28. The fourth-order valence-electron chi connectivity index (χ4n) is 1.46. The first-order valence-electron chi connectivity index (χ1n) is 5.41. The van der Waals surface area contributed by atoms with Gasteiger partial charge in [-0.15, -0.1) is 0 Å². The van der Waals surface area contributed by atoms with Crippen molar-refractivity contribution in [2.75, 3.05) is 0 Å². The Hall–Kier alpha value is -1.69. The number of hydrogen-bond acceptors (Lipinski definition) is 5. The van der Waals surface area contributed by atoms with Crippen LogP contribution in [-0.4, -0.2) is 31.3 Å². The molecule has 0 N–H and O–H groups in total. The summed E-state index contributed by atoms with van der Waals surface area (Å²) in [5.74, 6) is -0.373. The molecule has 6 nitrogen and oxygen atoms in total. The monoisotopic (exact) mass is 268 g/mol. The molecule has 0 bridgehead atoms. The third kappa shape index (κ3) is 2.95. The third-order valence-electron chi connectivity index (χ3n) is 2.05. The maximum Gasteiger partial charge on any atom is 0.328 e. The van der Waals surface area contributed by atoms with Crippen LogP contribution in [0, 0.1) is 0 Å². The van der Waals surface area contributed by atoms with Crippen molar-refractivity contribution in [2.24, 2.45) is 0 Å². The SMILES string of the molecule is CC(C)(C)OC(=O)Cn1ncc2cnc(Cl)nc21. The van der Waals surface area contributed by atoms with E-state index in [9.17, 15) is 4.79 Å². The highest BCUT2D eigenvalue weighted by Gasteiger charge is 2.18. The molecule has 96 valence electrons. The largest absolute Gasteiger partial charge is 0.459 e. The Labute approximate surface area is 109 Å². The molecular formula is C11H13ClN4O2. The average molecular weight is 269 g/mol. The van der Waals surface area contributed by atoms with E-state index in [1.807, 2.05) is 20.8 Å². The van der Waals surface area contributed by atoms with Crippen LogP contribution < -0.4 is 0 Å². The fourth-order valence-corrected chi connectivity index (χ4v) is 1.59. The molecule has 2 aromatic rings. The quantitative estimate of drug-likeness (QED) is 0.614. The maximum absolute atomic E-state index is 11.7. The first kappa shape index (κ1) is 12.8. The van der Waals surface area contributed by atoms with Crippen molar-refractivity contribution in [3.63, 3.8) is 0 Å². The lowest BCUT2D eigenvalue weighted by Crippen LogP contribution is -2.26. The Bertz CT molecular complexity index is 588. The number of ether oxygens (including phenoxy) is 1. The summed E-state index contributed by atoms with van der Waals surface area (Å²) < 4.78 is 6.66. The zero-order valence-electron chi connectivity index (χ0n) is 10.3. The van der Waals surface area contributed by atoms with E-state index in [-0.39, 0.29) is 17.8 Å². The van der Waals surface area contributed by atoms with Crippen LogP contribution in [0.3, 0.4) is 0 Å². The molecule has 0 aliphatic rings. The maximum atomic E-state index is 11.7. The number of nitrogens with zero attached hydrogens (tertiary/aromatic N) is 4. The van der Waals surface area contributed by atoms with Crippen LogP contribution in [0.15, 0.2) is 12.4 Å². The summed E-state index contributed by atoms with van der Waals surface area (Å²) >= 11 is 5.71. The summed E-state index contributed by atoms with van der Waals surface area (Å²) in [6.07, 6.45) is 3.14. The number of rotatable bonds is 2. The van der Waals surface area contributed by atoms with Gasteiger partial charge in [-0.05, 0) is 32.4 Å². The second kappa shape index (κ2) is 4.53. The van der Waals surface area contributed by atoms with Crippen LogP contribution in [0.1, 0.15) is 20.8 Å². The molecule has 7 heteroatoms. The summed E-state index contributed by atoms with van der Waals surface area (Å²) in [5.41, 5.74) is -0.00648. The van der Waals surface area contributed by atoms with Gasteiger partial charge >= 0.3 is 5.97 Å². The zero-order valence-corrected chi connectivity index (χ0v) is 11.1. The van der Waals surface area contributed by atoms with E-state index < -0.39 is 5.60 Å². The van der Waals surface area contributed by atoms with Crippen LogP contribution in [0.25, 0.3) is 11.0 Å². The van der Waals surface area contributed by atoms with Crippen LogP contribution in [0.2, 0.25) is 5.28 Å². The minimum Gasteiger partial charge on any atom is -0.459 e. The second-order valence-corrected chi connectivity index (χ2v) is 5.14. The topological polar surface area (TPSA) is 69.9 Å². The Morgan fingerprint density at radius 2 is 2.17 bits per heavy atom.